The Kier molecular flexibility index (Phi) is 5.12. The molecule has 0 nitrogen and oxygen atoms in total. The number of aryl methyl sites for hydroxylation is 2. The largest absolute Gasteiger partial charge is 0.173 e. The van der Waals surface area contributed by atoms with Crippen molar-refractivity contribution in [3.8, 4) is 22.3 Å². The maximum atomic E-state index is 2.54. The van der Waals surface area contributed by atoms with Crippen molar-refractivity contribution in [3.63, 3.8) is 0 Å². The molecule has 0 aliphatic carbocycles. The number of fused-ring (bicyclic) bond motifs is 2. The maximum Gasteiger partial charge on any atom is 0.0711 e. The van der Waals surface area contributed by atoms with Gasteiger partial charge in [0.05, 0.1) is 8.07 Å². The second-order valence-corrected chi connectivity index (χ2v) is 14.5. The number of hydrogen-bond donors (Lipinski definition) is 0. The van der Waals surface area contributed by atoms with Gasteiger partial charge in [0.1, 0.15) is 0 Å². The number of rotatable bonds is 4. The maximum absolute atomic E-state index is 2.54. The van der Waals surface area contributed by atoms with Crippen LogP contribution in [0.15, 0.2) is 109 Å². The normalized spacial score (nSPS) is 12.0. The Bertz CT molecular complexity index is 1540. The first-order valence-corrected chi connectivity index (χ1v) is 15.5. The van der Waals surface area contributed by atoms with E-state index in [4.69, 9.17) is 0 Å². The van der Waals surface area contributed by atoms with Crippen LogP contribution in [0.2, 0.25) is 13.1 Å². The minimum absolute atomic E-state index is 1.29. The second-order valence-electron chi connectivity index (χ2n) is 10.3. The van der Waals surface area contributed by atoms with Gasteiger partial charge in [0.2, 0.25) is 0 Å². The van der Waals surface area contributed by atoms with Crippen molar-refractivity contribution < 1.29 is 0 Å². The summed E-state index contributed by atoms with van der Waals surface area (Å²) < 4.78 is 0. The minimum Gasteiger partial charge on any atom is -0.173 e. The molecule has 0 N–H and O–H groups in total. The van der Waals surface area contributed by atoms with Gasteiger partial charge in [-0.05, 0) is 5.56 Å². The molecule has 0 saturated heterocycles. The van der Waals surface area contributed by atoms with Gasteiger partial charge in [-0.15, -0.1) is 46.5 Å². The van der Waals surface area contributed by atoms with E-state index < -0.39 is 8.07 Å². The highest BCUT2D eigenvalue weighted by atomic mass is 28.3. The first-order valence-electron chi connectivity index (χ1n) is 12.5. The fourth-order valence-electron chi connectivity index (χ4n) is 6.40. The third-order valence-corrected chi connectivity index (χ3v) is 11.5. The van der Waals surface area contributed by atoms with Crippen LogP contribution in [0.5, 0.6) is 0 Å². The smallest absolute Gasteiger partial charge is 0.0711 e. The topological polar surface area (TPSA) is 0 Å². The first kappa shape index (κ1) is 21.8. The zero-order valence-electron chi connectivity index (χ0n) is 20.9. The fourth-order valence-corrected chi connectivity index (χ4v) is 10.6. The number of hydrogen-bond acceptors (Lipinski definition) is 0. The van der Waals surface area contributed by atoms with E-state index in [1.54, 1.807) is 10.4 Å². The molecule has 0 unspecified atom stereocenters. The molecule has 35 heavy (non-hydrogen) atoms. The van der Waals surface area contributed by atoms with Gasteiger partial charge in [0.15, 0.2) is 0 Å². The van der Waals surface area contributed by atoms with E-state index in [-0.39, 0.29) is 0 Å². The highest BCUT2D eigenvalue weighted by Crippen LogP contribution is 2.34. The highest BCUT2D eigenvalue weighted by Gasteiger charge is 2.27. The Labute approximate surface area is 209 Å². The summed E-state index contributed by atoms with van der Waals surface area (Å²) in [5, 5.41) is 8.76. The van der Waals surface area contributed by atoms with Gasteiger partial charge in [-0.2, -0.15) is 27.6 Å². The van der Waals surface area contributed by atoms with Crippen LogP contribution in [-0.2, 0) is 0 Å². The standard InChI is InChI=1S/C34H30Si/c1-23-21-31-27(25-13-7-5-8-14-25)17-11-19-29(31)33(23)35(3,4)34-24(2)22-32-28(18-12-20-30(32)34)26-15-9-6-10-16-26/h5-22H,1-4H3/q-2. The predicted octanol–water partition coefficient (Wildman–Crippen LogP) is 8.20. The van der Waals surface area contributed by atoms with Gasteiger partial charge in [0, 0.05) is 0 Å². The molecule has 0 fully saturated rings. The van der Waals surface area contributed by atoms with Crippen LogP contribution >= 0.6 is 0 Å². The van der Waals surface area contributed by atoms with Crippen molar-refractivity contribution in [1.82, 2.24) is 0 Å². The molecule has 0 aromatic heterocycles. The second kappa shape index (κ2) is 8.22. The molecule has 0 spiro atoms. The zero-order chi connectivity index (χ0) is 24.2. The molecule has 6 aromatic carbocycles. The Morgan fingerprint density at radius 2 is 1.26 bits per heavy atom. The summed E-state index contributed by atoms with van der Waals surface area (Å²) in [6, 6.07) is 40.2. The molecule has 0 aliphatic heterocycles. The first-order chi connectivity index (χ1) is 17.0. The Morgan fingerprint density at radius 3 is 1.94 bits per heavy atom. The van der Waals surface area contributed by atoms with Crippen molar-refractivity contribution in [2.75, 3.05) is 0 Å². The van der Waals surface area contributed by atoms with Crippen LogP contribution in [0.25, 0.3) is 43.8 Å². The molecule has 6 rings (SSSR count). The highest BCUT2D eigenvalue weighted by molar-refractivity contribution is 7.03. The Morgan fingerprint density at radius 1 is 0.629 bits per heavy atom. The van der Waals surface area contributed by atoms with Gasteiger partial charge in [-0.25, -0.2) is 0 Å². The molecule has 1 heteroatoms. The summed E-state index contributed by atoms with van der Waals surface area (Å²) in [6.07, 6.45) is 0. The van der Waals surface area contributed by atoms with Crippen LogP contribution in [0.1, 0.15) is 11.1 Å². The van der Waals surface area contributed by atoms with Crippen molar-refractivity contribution in [3.05, 3.63) is 120 Å². The molecule has 0 aliphatic rings. The average Bonchev–Trinajstić information content (AvgIpc) is 3.41. The van der Waals surface area contributed by atoms with Crippen molar-refractivity contribution in [2.45, 2.75) is 26.9 Å². The van der Waals surface area contributed by atoms with E-state index >= 15 is 0 Å². The molecule has 6 aromatic rings. The lowest BCUT2D eigenvalue weighted by Crippen LogP contribution is -2.54. The minimum atomic E-state index is -2.02. The zero-order valence-corrected chi connectivity index (χ0v) is 21.9. The van der Waals surface area contributed by atoms with E-state index in [1.807, 2.05) is 0 Å². The quantitative estimate of drug-likeness (QED) is 0.181. The SMILES string of the molecule is Cc1cc2c(-c3ccccc3)ccc[c-]2c1[Si](C)(C)c1c2cccc(-c3ccccc3)c2c[c-]1C. The molecule has 0 amide bonds. The van der Waals surface area contributed by atoms with Crippen LogP contribution < -0.4 is 10.4 Å². The summed E-state index contributed by atoms with van der Waals surface area (Å²) in [4.78, 5) is 0. The lowest BCUT2D eigenvalue weighted by atomic mass is 10.0. The number of benzene rings is 4. The molecular weight excluding hydrogens is 436 g/mol. The molecule has 0 bridgehead atoms. The summed E-state index contributed by atoms with van der Waals surface area (Å²) in [5.41, 5.74) is 8.09. The summed E-state index contributed by atoms with van der Waals surface area (Å²) in [6.45, 7) is 9.71. The molecule has 0 atom stereocenters. The average molecular weight is 467 g/mol. The van der Waals surface area contributed by atoms with Crippen LogP contribution in [0.3, 0.4) is 0 Å². The van der Waals surface area contributed by atoms with E-state index in [0.29, 0.717) is 0 Å². The molecular formula is C34H30Si-2. The van der Waals surface area contributed by atoms with Gasteiger partial charge >= 0.3 is 0 Å². The molecule has 0 radical (unpaired) electrons. The Balaban J connectivity index is 1.58. The third-order valence-electron chi connectivity index (χ3n) is 7.68. The molecule has 172 valence electrons. The fraction of sp³-hybridized carbons (Fsp3) is 0.118. The monoisotopic (exact) mass is 466 g/mol. The van der Waals surface area contributed by atoms with Crippen LogP contribution in [0, 0.1) is 13.8 Å². The molecule has 0 saturated carbocycles. The van der Waals surface area contributed by atoms with E-state index in [9.17, 15) is 0 Å². The summed E-state index contributed by atoms with van der Waals surface area (Å²) in [5.74, 6) is 0. The lowest BCUT2D eigenvalue weighted by Gasteiger charge is -2.33. The van der Waals surface area contributed by atoms with Gasteiger partial charge in [0.25, 0.3) is 0 Å². The Hall–Kier alpha value is -3.68. The van der Waals surface area contributed by atoms with Crippen LogP contribution in [0.4, 0.5) is 0 Å². The van der Waals surface area contributed by atoms with Crippen LogP contribution in [-0.4, -0.2) is 8.07 Å². The summed E-state index contributed by atoms with van der Waals surface area (Å²) in [7, 11) is -2.02. The van der Waals surface area contributed by atoms with E-state index in [1.165, 1.54) is 54.9 Å². The van der Waals surface area contributed by atoms with E-state index in [0.717, 1.165) is 0 Å². The van der Waals surface area contributed by atoms with Crippen molar-refractivity contribution in [2.24, 2.45) is 0 Å². The molecule has 0 heterocycles. The third kappa shape index (κ3) is 3.42. The summed E-state index contributed by atoms with van der Waals surface area (Å²) >= 11 is 0. The lowest BCUT2D eigenvalue weighted by molar-refractivity contribution is 1.55. The van der Waals surface area contributed by atoms with Crippen molar-refractivity contribution in [1.29, 1.82) is 0 Å². The van der Waals surface area contributed by atoms with Gasteiger partial charge in [-0.1, -0.05) is 122 Å². The van der Waals surface area contributed by atoms with Gasteiger partial charge in [-0.3, -0.25) is 0 Å². The van der Waals surface area contributed by atoms with E-state index in [2.05, 4.69) is 136 Å². The van der Waals surface area contributed by atoms with Crippen molar-refractivity contribution >= 4 is 40.0 Å². The van der Waals surface area contributed by atoms with Gasteiger partial charge < -0.3 is 0 Å². The predicted molar refractivity (Wildman–Crippen MR) is 156 cm³/mol.